The molecule has 0 bridgehead atoms. The molecule has 0 saturated heterocycles. The molecule has 182 valence electrons. The summed E-state index contributed by atoms with van der Waals surface area (Å²) in [5.41, 5.74) is 4.71. The highest BCUT2D eigenvalue weighted by Crippen LogP contribution is 2.44. The highest BCUT2D eigenvalue weighted by Gasteiger charge is 2.30. The van der Waals surface area contributed by atoms with E-state index in [1.165, 1.54) is 24.1 Å². The Morgan fingerprint density at radius 1 is 1.06 bits per heavy atom. The lowest BCUT2D eigenvalue weighted by molar-refractivity contribution is -0.144. The number of methoxy groups -OCH3 is 1. The number of carbonyl (C=O) groups excluding carboxylic acids is 2. The maximum atomic E-state index is 12.6. The number of alkyl carbamates (subject to hydrolysis) is 1. The molecule has 3 aromatic rings. The molecule has 2 aromatic carbocycles. The second-order valence-corrected chi connectivity index (χ2v) is 8.09. The molecule has 0 radical (unpaired) electrons. The number of fused-ring (bicyclic) bond motifs is 3. The third-order valence-electron chi connectivity index (χ3n) is 6.04. The molecule has 2 atom stereocenters. The molecule has 35 heavy (non-hydrogen) atoms. The molecule has 3 N–H and O–H groups in total. The Labute approximate surface area is 201 Å². The number of rotatable bonds is 9. The Morgan fingerprint density at radius 3 is 2.23 bits per heavy atom. The number of hydrogen-bond acceptors (Lipinski definition) is 6. The molecule has 0 saturated carbocycles. The number of carboxylic acids is 1. The molecule has 0 spiro atoms. The zero-order valence-electron chi connectivity index (χ0n) is 19.3. The van der Waals surface area contributed by atoms with Gasteiger partial charge in [-0.05, 0) is 28.3 Å². The standard InChI is InChI=1S/C25H26N4O6/c1-29-20(11-12-27-29)22(24(31)32)28-23(30)21(34-2)13-26-25(33)35-14-19-17-9-5-3-7-15(17)16-8-4-6-10-18(16)19/h3-12,19,21-22H,13-14H2,1-2H3,(H,26,33)(H,28,30)(H,31,32). The molecule has 1 heterocycles. The van der Waals surface area contributed by atoms with Crippen molar-refractivity contribution in [1.29, 1.82) is 0 Å². The summed E-state index contributed by atoms with van der Waals surface area (Å²) in [7, 11) is 2.87. The van der Waals surface area contributed by atoms with E-state index < -0.39 is 30.1 Å². The number of hydrogen-bond donors (Lipinski definition) is 3. The van der Waals surface area contributed by atoms with Crippen LogP contribution in [0.5, 0.6) is 0 Å². The van der Waals surface area contributed by atoms with E-state index in [2.05, 4.69) is 15.7 Å². The molecule has 2 unspecified atom stereocenters. The zero-order chi connectivity index (χ0) is 24.9. The Bertz CT molecular complexity index is 1190. The van der Waals surface area contributed by atoms with Crippen molar-refractivity contribution in [3.05, 3.63) is 77.6 Å². The Hall–Kier alpha value is -4.18. The average Bonchev–Trinajstić information content (AvgIpc) is 3.42. The lowest BCUT2D eigenvalue weighted by Crippen LogP contribution is -2.46. The van der Waals surface area contributed by atoms with Crippen molar-refractivity contribution in [2.75, 3.05) is 20.3 Å². The van der Waals surface area contributed by atoms with Crippen LogP contribution in [0, 0.1) is 0 Å². The second kappa shape index (κ2) is 10.4. The third kappa shape index (κ3) is 5.02. The molecule has 10 nitrogen and oxygen atoms in total. The van der Waals surface area contributed by atoms with E-state index in [0.717, 1.165) is 22.3 Å². The van der Waals surface area contributed by atoms with Gasteiger partial charge in [-0.25, -0.2) is 9.59 Å². The van der Waals surface area contributed by atoms with Crippen molar-refractivity contribution >= 4 is 18.0 Å². The van der Waals surface area contributed by atoms with Crippen LogP contribution in [0.2, 0.25) is 0 Å². The van der Waals surface area contributed by atoms with Crippen molar-refractivity contribution in [2.45, 2.75) is 18.1 Å². The Kier molecular flexibility index (Phi) is 7.11. The number of aliphatic carboxylic acids is 1. The first-order valence-corrected chi connectivity index (χ1v) is 11.0. The molecule has 4 rings (SSSR count). The molecule has 10 heteroatoms. The number of nitrogens with zero attached hydrogens (tertiary/aromatic N) is 2. The van der Waals surface area contributed by atoms with Gasteiger partial charge in [0.25, 0.3) is 5.91 Å². The maximum Gasteiger partial charge on any atom is 0.407 e. The van der Waals surface area contributed by atoms with Crippen molar-refractivity contribution in [3.8, 4) is 11.1 Å². The molecular formula is C25H26N4O6. The molecular weight excluding hydrogens is 452 g/mol. The van der Waals surface area contributed by atoms with Gasteiger partial charge in [0.1, 0.15) is 6.61 Å². The second-order valence-electron chi connectivity index (χ2n) is 8.09. The van der Waals surface area contributed by atoms with Gasteiger partial charge in [-0.1, -0.05) is 48.5 Å². The monoisotopic (exact) mass is 478 g/mol. The number of aryl methyl sites for hydroxylation is 1. The van der Waals surface area contributed by atoms with Crippen molar-refractivity contribution in [1.82, 2.24) is 20.4 Å². The van der Waals surface area contributed by atoms with Gasteiger partial charge in [-0.15, -0.1) is 0 Å². The summed E-state index contributed by atoms with van der Waals surface area (Å²) < 4.78 is 12.0. The molecule has 0 aliphatic heterocycles. The molecule has 1 aliphatic carbocycles. The van der Waals surface area contributed by atoms with Crippen LogP contribution in [0.1, 0.15) is 28.8 Å². The fraction of sp³-hybridized carbons (Fsp3) is 0.280. The van der Waals surface area contributed by atoms with Gasteiger partial charge in [0.15, 0.2) is 12.1 Å². The average molecular weight is 479 g/mol. The van der Waals surface area contributed by atoms with Crippen LogP contribution in [0.25, 0.3) is 11.1 Å². The summed E-state index contributed by atoms with van der Waals surface area (Å²) >= 11 is 0. The van der Waals surface area contributed by atoms with Crippen LogP contribution in [-0.2, 0) is 26.1 Å². The highest BCUT2D eigenvalue weighted by molar-refractivity contribution is 5.87. The predicted molar refractivity (Wildman–Crippen MR) is 126 cm³/mol. The van der Waals surface area contributed by atoms with Crippen molar-refractivity contribution < 1.29 is 29.0 Å². The third-order valence-corrected chi connectivity index (χ3v) is 6.04. The summed E-state index contributed by atoms with van der Waals surface area (Å²) in [5.74, 6) is -2.04. The van der Waals surface area contributed by atoms with Crippen LogP contribution >= 0.6 is 0 Å². The normalized spacial score (nSPS) is 13.9. The Balaban J connectivity index is 1.34. The van der Waals surface area contributed by atoms with Gasteiger partial charge >= 0.3 is 12.1 Å². The number of carbonyl (C=O) groups is 3. The SMILES string of the molecule is COC(CNC(=O)OCC1c2ccccc2-c2ccccc21)C(=O)NC(C(=O)O)c1ccnn1C. The number of ether oxygens (including phenoxy) is 2. The van der Waals surface area contributed by atoms with Crippen LogP contribution < -0.4 is 10.6 Å². The van der Waals surface area contributed by atoms with Crippen LogP contribution in [0.3, 0.4) is 0 Å². The minimum absolute atomic E-state index is 0.0927. The first-order valence-electron chi connectivity index (χ1n) is 11.0. The summed E-state index contributed by atoms with van der Waals surface area (Å²) in [5, 5.41) is 18.4. The van der Waals surface area contributed by atoms with Gasteiger partial charge in [-0.2, -0.15) is 5.10 Å². The van der Waals surface area contributed by atoms with E-state index in [9.17, 15) is 19.5 Å². The largest absolute Gasteiger partial charge is 0.479 e. The number of nitrogens with one attached hydrogen (secondary N) is 2. The number of benzene rings is 2. The van der Waals surface area contributed by atoms with Crippen molar-refractivity contribution in [2.24, 2.45) is 7.05 Å². The Morgan fingerprint density at radius 2 is 1.69 bits per heavy atom. The van der Waals surface area contributed by atoms with Gasteiger partial charge < -0.3 is 25.2 Å². The smallest absolute Gasteiger partial charge is 0.407 e. The fourth-order valence-corrected chi connectivity index (χ4v) is 4.27. The first-order chi connectivity index (χ1) is 16.9. The van der Waals surface area contributed by atoms with Gasteiger partial charge in [0.05, 0.1) is 12.2 Å². The van der Waals surface area contributed by atoms with E-state index >= 15 is 0 Å². The molecule has 1 aromatic heterocycles. The summed E-state index contributed by atoms with van der Waals surface area (Å²) in [6.45, 7) is -0.0674. The fourth-order valence-electron chi connectivity index (χ4n) is 4.27. The minimum atomic E-state index is -1.32. The summed E-state index contributed by atoms with van der Waals surface area (Å²) in [6, 6.07) is 16.2. The number of aromatic nitrogens is 2. The van der Waals surface area contributed by atoms with Gasteiger partial charge in [0.2, 0.25) is 0 Å². The zero-order valence-corrected chi connectivity index (χ0v) is 19.3. The first kappa shape index (κ1) is 24.0. The lowest BCUT2D eigenvalue weighted by atomic mass is 9.98. The van der Waals surface area contributed by atoms with Gasteiger partial charge in [-0.3, -0.25) is 9.48 Å². The van der Waals surface area contributed by atoms with E-state index in [1.807, 2.05) is 48.5 Å². The summed E-state index contributed by atoms with van der Waals surface area (Å²) in [4.78, 5) is 36.7. The van der Waals surface area contributed by atoms with E-state index in [4.69, 9.17) is 9.47 Å². The molecule has 2 amide bonds. The van der Waals surface area contributed by atoms with E-state index in [1.54, 1.807) is 7.05 Å². The van der Waals surface area contributed by atoms with Crippen LogP contribution in [0.15, 0.2) is 60.8 Å². The minimum Gasteiger partial charge on any atom is -0.479 e. The highest BCUT2D eigenvalue weighted by atomic mass is 16.5. The topological polar surface area (TPSA) is 132 Å². The quantitative estimate of drug-likeness (QED) is 0.430. The van der Waals surface area contributed by atoms with E-state index in [-0.39, 0.29) is 19.1 Å². The van der Waals surface area contributed by atoms with Crippen LogP contribution in [-0.4, -0.2) is 59.2 Å². The summed E-state index contributed by atoms with van der Waals surface area (Å²) in [6.07, 6.45) is -0.391. The van der Waals surface area contributed by atoms with E-state index in [0.29, 0.717) is 5.69 Å². The lowest BCUT2D eigenvalue weighted by Gasteiger charge is -2.20. The van der Waals surface area contributed by atoms with Crippen LogP contribution in [0.4, 0.5) is 4.79 Å². The van der Waals surface area contributed by atoms with Gasteiger partial charge in [0, 0.05) is 26.3 Å². The van der Waals surface area contributed by atoms with Crippen molar-refractivity contribution in [3.63, 3.8) is 0 Å². The number of carboxylic acid groups (broad SMARTS) is 1. The molecule has 1 aliphatic rings. The predicted octanol–water partition coefficient (Wildman–Crippen LogP) is 2.22. The maximum absolute atomic E-state index is 12.6. The molecule has 0 fully saturated rings. The number of amides is 2.